The van der Waals surface area contributed by atoms with Crippen molar-refractivity contribution < 1.29 is 18.3 Å². The molecule has 1 heterocycles. The number of sulfone groups is 1. The number of hydrogen-bond acceptors (Lipinski definition) is 5. The van der Waals surface area contributed by atoms with E-state index in [2.05, 4.69) is 10.2 Å². The van der Waals surface area contributed by atoms with Crippen LogP contribution in [0.15, 0.2) is 0 Å². The summed E-state index contributed by atoms with van der Waals surface area (Å²) in [7, 11) is -1.17. The Balaban J connectivity index is 1.95. The summed E-state index contributed by atoms with van der Waals surface area (Å²) in [6.07, 6.45) is 3.33. The number of nitrogens with one attached hydrogen (secondary N) is 1. The molecule has 0 aromatic carbocycles. The van der Waals surface area contributed by atoms with Gasteiger partial charge in [0, 0.05) is 12.6 Å². The molecule has 7 heteroatoms. The summed E-state index contributed by atoms with van der Waals surface area (Å²) in [4.78, 5) is 13.8. The van der Waals surface area contributed by atoms with Gasteiger partial charge in [0.05, 0.1) is 11.5 Å². The lowest BCUT2D eigenvalue weighted by molar-refractivity contribution is -0.146. The first-order chi connectivity index (χ1) is 9.81. The maximum Gasteiger partial charge on any atom is 0.324 e. The lowest BCUT2D eigenvalue weighted by atomic mass is 9.84. The molecule has 1 aliphatic carbocycles. The minimum atomic E-state index is -2.89. The molecule has 122 valence electrons. The minimum absolute atomic E-state index is 0.0268. The Morgan fingerprint density at radius 1 is 1.48 bits per heavy atom. The van der Waals surface area contributed by atoms with E-state index in [1.54, 1.807) is 7.05 Å². The van der Waals surface area contributed by atoms with E-state index >= 15 is 0 Å². The van der Waals surface area contributed by atoms with Gasteiger partial charge in [-0.25, -0.2) is 8.42 Å². The molecule has 1 aliphatic heterocycles. The molecule has 6 nitrogen and oxygen atoms in total. The van der Waals surface area contributed by atoms with Crippen LogP contribution in [0, 0.1) is 5.92 Å². The first kappa shape index (κ1) is 16.7. The molecule has 0 spiro atoms. The van der Waals surface area contributed by atoms with Gasteiger partial charge in [0.2, 0.25) is 0 Å². The summed E-state index contributed by atoms with van der Waals surface area (Å²) in [5.41, 5.74) is -0.800. The third kappa shape index (κ3) is 3.40. The van der Waals surface area contributed by atoms with E-state index in [1.165, 1.54) is 0 Å². The predicted molar refractivity (Wildman–Crippen MR) is 81.1 cm³/mol. The maximum atomic E-state index is 11.6. The number of nitrogens with zero attached hydrogens (tertiary/aromatic N) is 1. The van der Waals surface area contributed by atoms with E-state index in [9.17, 15) is 18.3 Å². The molecule has 21 heavy (non-hydrogen) atoms. The Labute approximate surface area is 126 Å². The summed E-state index contributed by atoms with van der Waals surface area (Å²) < 4.78 is 23.2. The van der Waals surface area contributed by atoms with Gasteiger partial charge in [-0.05, 0) is 45.7 Å². The van der Waals surface area contributed by atoms with Gasteiger partial charge in [0.1, 0.15) is 5.54 Å². The fourth-order valence-corrected chi connectivity index (χ4v) is 5.50. The topological polar surface area (TPSA) is 86.7 Å². The summed E-state index contributed by atoms with van der Waals surface area (Å²) in [6.45, 7) is 3.28. The molecule has 2 rings (SSSR count). The standard InChI is InChI=1S/C14H26N2O4S/c1-11-10-21(19,20)9-8-16(11)7-5-12-4-3-6-14(12,15-2)13(17)18/h11-12,15H,3-10H2,1-2H3,(H,17,18). The summed E-state index contributed by atoms with van der Waals surface area (Å²) in [6, 6.07) is 0.0268. The summed E-state index contributed by atoms with van der Waals surface area (Å²) >= 11 is 0. The maximum absolute atomic E-state index is 11.6. The Kier molecular flexibility index (Phi) is 4.95. The van der Waals surface area contributed by atoms with E-state index < -0.39 is 21.3 Å². The van der Waals surface area contributed by atoms with E-state index in [4.69, 9.17) is 0 Å². The Morgan fingerprint density at radius 2 is 2.19 bits per heavy atom. The van der Waals surface area contributed by atoms with Crippen LogP contribution in [0.1, 0.15) is 32.6 Å². The zero-order chi connectivity index (χ0) is 15.7. The summed E-state index contributed by atoms with van der Waals surface area (Å²) in [5, 5.41) is 12.6. The van der Waals surface area contributed by atoms with Crippen LogP contribution in [0.5, 0.6) is 0 Å². The van der Waals surface area contributed by atoms with E-state index in [0.717, 1.165) is 25.8 Å². The number of carboxylic acid groups (broad SMARTS) is 1. The van der Waals surface area contributed by atoms with Crippen LogP contribution < -0.4 is 5.32 Å². The number of rotatable bonds is 5. The second-order valence-electron chi connectivity index (χ2n) is 6.40. The fraction of sp³-hybridized carbons (Fsp3) is 0.929. The van der Waals surface area contributed by atoms with Crippen molar-refractivity contribution in [2.24, 2.45) is 5.92 Å². The van der Waals surface area contributed by atoms with Crippen molar-refractivity contribution in [3.05, 3.63) is 0 Å². The first-order valence-electron chi connectivity index (χ1n) is 7.67. The summed E-state index contributed by atoms with van der Waals surface area (Å²) in [5.74, 6) is -0.209. The monoisotopic (exact) mass is 318 g/mol. The molecule has 0 radical (unpaired) electrons. The second kappa shape index (κ2) is 6.22. The molecule has 1 saturated heterocycles. The molecule has 3 unspecified atom stereocenters. The number of likely N-dealkylation sites (N-methyl/N-ethyl adjacent to an activating group) is 1. The van der Waals surface area contributed by atoms with Gasteiger partial charge in [-0.15, -0.1) is 0 Å². The number of carboxylic acids is 1. The smallest absolute Gasteiger partial charge is 0.324 e. The van der Waals surface area contributed by atoms with Crippen molar-refractivity contribution in [2.45, 2.75) is 44.2 Å². The Bertz CT molecular complexity index is 493. The molecule has 2 aliphatic rings. The Morgan fingerprint density at radius 3 is 2.76 bits per heavy atom. The molecule has 1 saturated carbocycles. The van der Waals surface area contributed by atoms with Crippen molar-refractivity contribution in [2.75, 3.05) is 31.6 Å². The lowest BCUT2D eigenvalue weighted by Gasteiger charge is -2.36. The highest BCUT2D eigenvalue weighted by atomic mass is 32.2. The number of aliphatic carboxylic acids is 1. The first-order valence-corrected chi connectivity index (χ1v) is 9.49. The highest BCUT2D eigenvalue weighted by molar-refractivity contribution is 7.91. The van der Waals surface area contributed by atoms with Crippen molar-refractivity contribution in [1.82, 2.24) is 10.2 Å². The number of hydrogen-bond donors (Lipinski definition) is 2. The van der Waals surface area contributed by atoms with Crippen LogP contribution >= 0.6 is 0 Å². The normalized spacial score (nSPS) is 36.7. The zero-order valence-corrected chi connectivity index (χ0v) is 13.7. The molecule has 0 amide bonds. The third-order valence-electron chi connectivity index (χ3n) is 5.22. The average molecular weight is 318 g/mol. The molecule has 3 atom stereocenters. The van der Waals surface area contributed by atoms with Gasteiger partial charge in [-0.2, -0.15) is 0 Å². The van der Waals surface area contributed by atoms with E-state index in [-0.39, 0.29) is 23.5 Å². The van der Waals surface area contributed by atoms with Crippen molar-refractivity contribution in [3.63, 3.8) is 0 Å². The van der Waals surface area contributed by atoms with Crippen LogP contribution in [0.3, 0.4) is 0 Å². The van der Waals surface area contributed by atoms with Crippen LogP contribution in [0.2, 0.25) is 0 Å². The molecule has 2 fully saturated rings. The fourth-order valence-electron chi connectivity index (χ4n) is 3.87. The average Bonchev–Trinajstić information content (AvgIpc) is 2.81. The number of carbonyl (C=O) groups is 1. The highest BCUT2D eigenvalue weighted by Crippen LogP contribution is 2.38. The SMILES string of the molecule is CNC1(C(=O)O)CCCC1CCN1CCS(=O)(=O)CC1C. The minimum Gasteiger partial charge on any atom is -0.480 e. The van der Waals surface area contributed by atoms with Crippen molar-refractivity contribution in [3.8, 4) is 0 Å². The van der Waals surface area contributed by atoms with Crippen LogP contribution in [-0.2, 0) is 14.6 Å². The highest BCUT2D eigenvalue weighted by Gasteiger charge is 2.47. The van der Waals surface area contributed by atoms with Crippen molar-refractivity contribution in [1.29, 1.82) is 0 Å². The molecule has 2 N–H and O–H groups in total. The lowest BCUT2D eigenvalue weighted by Crippen LogP contribution is -2.54. The van der Waals surface area contributed by atoms with E-state index in [0.29, 0.717) is 13.0 Å². The third-order valence-corrected chi connectivity index (χ3v) is 7.02. The quantitative estimate of drug-likeness (QED) is 0.760. The van der Waals surface area contributed by atoms with Crippen LogP contribution in [-0.4, -0.2) is 67.6 Å². The molecular formula is C14H26N2O4S. The molecular weight excluding hydrogens is 292 g/mol. The second-order valence-corrected chi connectivity index (χ2v) is 8.63. The molecule has 0 bridgehead atoms. The van der Waals surface area contributed by atoms with Gasteiger partial charge in [0.15, 0.2) is 9.84 Å². The van der Waals surface area contributed by atoms with E-state index in [1.807, 2.05) is 6.92 Å². The van der Waals surface area contributed by atoms with Crippen LogP contribution in [0.4, 0.5) is 0 Å². The molecule has 0 aromatic heterocycles. The predicted octanol–water partition coefficient (Wildman–Crippen LogP) is 0.338. The van der Waals surface area contributed by atoms with Gasteiger partial charge >= 0.3 is 5.97 Å². The molecule has 0 aromatic rings. The van der Waals surface area contributed by atoms with Gasteiger partial charge < -0.3 is 10.4 Å². The zero-order valence-electron chi connectivity index (χ0n) is 12.8. The van der Waals surface area contributed by atoms with Gasteiger partial charge in [-0.1, -0.05) is 6.42 Å². The largest absolute Gasteiger partial charge is 0.480 e. The Hall–Kier alpha value is -0.660. The van der Waals surface area contributed by atoms with Crippen LogP contribution in [0.25, 0.3) is 0 Å². The van der Waals surface area contributed by atoms with Crippen molar-refractivity contribution >= 4 is 15.8 Å². The van der Waals surface area contributed by atoms with Gasteiger partial charge in [-0.3, -0.25) is 9.69 Å². The van der Waals surface area contributed by atoms with Gasteiger partial charge in [0.25, 0.3) is 0 Å².